The maximum absolute atomic E-state index is 13.7. The lowest BCUT2D eigenvalue weighted by Crippen LogP contribution is -2.51. The van der Waals surface area contributed by atoms with Crippen LogP contribution in [0.3, 0.4) is 0 Å². The quantitative estimate of drug-likeness (QED) is 0.272. The number of unbranched alkanes of at least 4 members (excludes halogenated alkanes) is 1. The molecular weight excluding hydrogens is 483 g/mol. The molecule has 0 fully saturated rings. The van der Waals surface area contributed by atoms with Gasteiger partial charge >= 0.3 is 0 Å². The number of halogens is 1. The highest BCUT2D eigenvalue weighted by Gasteiger charge is 2.30. The zero-order valence-electron chi connectivity index (χ0n) is 22.0. The SMILES string of the molecule is CCCCNC(=O)[C@@H](Cc1ccccc1)N(Cc1ccc(F)cc1)C(=O)CSCc1cc(C)cc(C)c1. The number of nitrogens with one attached hydrogen (secondary N) is 1. The lowest BCUT2D eigenvalue weighted by Gasteiger charge is -2.31. The van der Waals surface area contributed by atoms with Crippen LogP contribution in [0.4, 0.5) is 4.39 Å². The first kappa shape index (κ1) is 28.5. The first-order valence-corrected chi connectivity index (χ1v) is 14.0. The monoisotopic (exact) mass is 520 g/mol. The third kappa shape index (κ3) is 9.36. The van der Waals surface area contributed by atoms with Crippen molar-refractivity contribution in [1.29, 1.82) is 0 Å². The standard InChI is InChI=1S/C31H37FN2O2S/c1-4-5-15-33-31(36)29(19-25-9-7-6-8-10-25)34(20-26-11-13-28(32)14-12-26)30(35)22-37-21-27-17-23(2)16-24(3)18-27/h6-14,16-18,29H,4-5,15,19-22H2,1-3H3,(H,33,36)/t29-/m1/s1. The minimum atomic E-state index is -0.668. The summed E-state index contributed by atoms with van der Waals surface area (Å²) in [4.78, 5) is 28.7. The minimum absolute atomic E-state index is 0.106. The molecule has 3 rings (SSSR count). The normalized spacial score (nSPS) is 11.7. The van der Waals surface area contributed by atoms with Gasteiger partial charge < -0.3 is 10.2 Å². The molecule has 0 unspecified atom stereocenters. The van der Waals surface area contributed by atoms with E-state index >= 15 is 0 Å². The van der Waals surface area contributed by atoms with Gasteiger partial charge in [-0.1, -0.05) is 85.1 Å². The number of thioether (sulfide) groups is 1. The molecule has 3 aromatic carbocycles. The second-order valence-electron chi connectivity index (χ2n) is 9.49. The lowest BCUT2D eigenvalue weighted by atomic mass is 10.0. The summed E-state index contributed by atoms with van der Waals surface area (Å²) in [5.41, 5.74) is 5.35. The van der Waals surface area contributed by atoms with E-state index in [1.807, 2.05) is 30.3 Å². The van der Waals surface area contributed by atoms with Gasteiger partial charge in [-0.05, 0) is 49.1 Å². The van der Waals surface area contributed by atoms with E-state index in [0.29, 0.717) is 18.7 Å². The van der Waals surface area contributed by atoms with E-state index in [1.165, 1.54) is 28.8 Å². The van der Waals surface area contributed by atoms with Crippen LogP contribution in [0.2, 0.25) is 0 Å². The number of carbonyl (C=O) groups excluding carboxylic acids is 2. The van der Waals surface area contributed by atoms with E-state index in [-0.39, 0.29) is 29.9 Å². The summed E-state index contributed by atoms with van der Waals surface area (Å²) in [7, 11) is 0. The summed E-state index contributed by atoms with van der Waals surface area (Å²) >= 11 is 1.55. The molecule has 0 saturated heterocycles. The van der Waals surface area contributed by atoms with Crippen molar-refractivity contribution < 1.29 is 14.0 Å². The molecule has 0 spiro atoms. The van der Waals surface area contributed by atoms with Gasteiger partial charge in [0.1, 0.15) is 11.9 Å². The summed E-state index contributed by atoms with van der Waals surface area (Å²) < 4.78 is 13.6. The summed E-state index contributed by atoms with van der Waals surface area (Å²) in [5.74, 6) is 0.369. The fraction of sp³-hybridized carbons (Fsp3) is 0.355. The van der Waals surface area contributed by atoms with Gasteiger partial charge in [0.25, 0.3) is 0 Å². The molecule has 0 aromatic heterocycles. The van der Waals surface area contributed by atoms with E-state index < -0.39 is 6.04 Å². The predicted octanol–water partition coefficient (Wildman–Crippen LogP) is 6.23. The molecule has 37 heavy (non-hydrogen) atoms. The van der Waals surface area contributed by atoms with Crippen LogP contribution in [0, 0.1) is 19.7 Å². The van der Waals surface area contributed by atoms with Gasteiger partial charge in [0.2, 0.25) is 11.8 Å². The molecule has 0 aliphatic rings. The van der Waals surface area contributed by atoms with E-state index in [4.69, 9.17) is 0 Å². The van der Waals surface area contributed by atoms with Crippen molar-refractivity contribution in [3.8, 4) is 0 Å². The highest BCUT2D eigenvalue weighted by atomic mass is 32.2. The molecule has 0 aliphatic heterocycles. The molecule has 0 heterocycles. The van der Waals surface area contributed by atoms with Crippen LogP contribution < -0.4 is 5.32 Å². The smallest absolute Gasteiger partial charge is 0.243 e. The molecule has 6 heteroatoms. The number of benzene rings is 3. The average molecular weight is 521 g/mol. The number of carbonyl (C=O) groups is 2. The maximum Gasteiger partial charge on any atom is 0.243 e. The first-order valence-electron chi connectivity index (χ1n) is 12.9. The Kier molecular flexibility index (Phi) is 11.2. The van der Waals surface area contributed by atoms with Crippen molar-refractivity contribution in [3.63, 3.8) is 0 Å². The third-order valence-electron chi connectivity index (χ3n) is 6.14. The number of nitrogens with zero attached hydrogens (tertiary/aromatic N) is 1. The summed E-state index contributed by atoms with van der Waals surface area (Å²) in [5, 5.41) is 3.03. The molecule has 0 bridgehead atoms. The Morgan fingerprint density at radius 2 is 1.59 bits per heavy atom. The predicted molar refractivity (Wildman–Crippen MR) is 151 cm³/mol. The molecule has 196 valence electrons. The second kappa shape index (κ2) is 14.6. The minimum Gasteiger partial charge on any atom is -0.354 e. The largest absolute Gasteiger partial charge is 0.354 e. The molecule has 3 aromatic rings. The van der Waals surface area contributed by atoms with Crippen LogP contribution in [0.15, 0.2) is 72.8 Å². The fourth-order valence-corrected chi connectivity index (χ4v) is 5.18. The van der Waals surface area contributed by atoms with Gasteiger partial charge in [-0.2, -0.15) is 0 Å². The van der Waals surface area contributed by atoms with Crippen molar-refractivity contribution >= 4 is 23.6 Å². The van der Waals surface area contributed by atoms with Crippen molar-refractivity contribution in [2.75, 3.05) is 12.3 Å². The van der Waals surface area contributed by atoms with Gasteiger partial charge in [0.15, 0.2) is 0 Å². The van der Waals surface area contributed by atoms with Crippen LogP contribution in [0.1, 0.15) is 47.6 Å². The molecule has 0 radical (unpaired) electrons. The first-order chi connectivity index (χ1) is 17.9. The van der Waals surface area contributed by atoms with Gasteiger partial charge in [0.05, 0.1) is 5.75 Å². The molecule has 2 amide bonds. The van der Waals surface area contributed by atoms with Crippen molar-refractivity contribution in [2.45, 2.75) is 58.4 Å². The Morgan fingerprint density at radius 1 is 0.919 bits per heavy atom. The Morgan fingerprint density at radius 3 is 2.24 bits per heavy atom. The van der Waals surface area contributed by atoms with Crippen LogP contribution in [0.5, 0.6) is 0 Å². The number of hydrogen-bond donors (Lipinski definition) is 1. The number of rotatable bonds is 13. The summed E-state index contributed by atoms with van der Waals surface area (Å²) in [6, 6.07) is 21.6. The molecular formula is C31H37FN2O2S. The Hall–Kier alpha value is -3.12. The number of hydrogen-bond acceptors (Lipinski definition) is 3. The molecule has 0 aliphatic carbocycles. The maximum atomic E-state index is 13.7. The molecule has 1 atom stereocenters. The number of amides is 2. The third-order valence-corrected chi connectivity index (χ3v) is 7.13. The lowest BCUT2D eigenvalue weighted by molar-refractivity contribution is -0.139. The Labute approximate surface area is 224 Å². The topological polar surface area (TPSA) is 49.4 Å². The van der Waals surface area contributed by atoms with Crippen LogP contribution in [-0.2, 0) is 28.3 Å². The van der Waals surface area contributed by atoms with Gasteiger partial charge in [0, 0.05) is 25.3 Å². The molecule has 4 nitrogen and oxygen atoms in total. The average Bonchev–Trinajstić information content (AvgIpc) is 2.87. The zero-order chi connectivity index (χ0) is 26.6. The van der Waals surface area contributed by atoms with Crippen molar-refractivity contribution in [3.05, 3.63) is 106 Å². The van der Waals surface area contributed by atoms with Crippen molar-refractivity contribution in [1.82, 2.24) is 10.2 Å². The Balaban J connectivity index is 1.82. The number of aryl methyl sites for hydroxylation is 2. The van der Waals surface area contributed by atoms with E-state index in [0.717, 1.165) is 24.0 Å². The van der Waals surface area contributed by atoms with Crippen LogP contribution >= 0.6 is 11.8 Å². The summed E-state index contributed by atoms with van der Waals surface area (Å²) in [6.45, 7) is 7.03. The zero-order valence-corrected chi connectivity index (χ0v) is 22.8. The highest BCUT2D eigenvalue weighted by Crippen LogP contribution is 2.20. The summed E-state index contributed by atoms with van der Waals surface area (Å²) in [6.07, 6.45) is 2.26. The van der Waals surface area contributed by atoms with Crippen LogP contribution in [-0.4, -0.2) is 35.1 Å². The van der Waals surface area contributed by atoms with Gasteiger partial charge in [-0.3, -0.25) is 9.59 Å². The molecule has 0 saturated carbocycles. The Bertz CT molecular complexity index is 1130. The second-order valence-corrected chi connectivity index (χ2v) is 10.5. The van der Waals surface area contributed by atoms with Crippen molar-refractivity contribution in [2.24, 2.45) is 0 Å². The van der Waals surface area contributed by atoms with E-state index in [9.17, 15) is 14.0 Å². The highest BCUT2D eigenvalue weighted by molar-refractivity contribution is 7.99. The molecule has 1 N–H and O–H groups in total. The van der Waals surface area contributed by atoms with E-state index in [1.54, 1.807) is 28.8 Å². The van der Waals surface area contributed by atoms with E-state index in [2.05, 4.69) is 44.3 Å². The fourth-order valence-electron chi connectivity index (χ4n) is 4.34. The van der Waals surface area contributed by atoms with Gasteiger partial charge in [-0.15, -0.1) is 11.8 Å². The van der Waals surface area contributed by atoms with Gasteiger partial charge in [-0.25, -0.2) is 4.39 Å². The van der Waals surface area contributed by atoms with Crippen LogP contribution in [0.25, 0.3) is 0 Å².